The molecular weight excluding hydrogens is 512 g/mol. The van der Waals surface area contributed by atoms with Crippen LogP contribution in [0.1, 0.15) is 64.5 Å². The van der Waals surface area contributed by atoms with Gasteiger partial charge in [0.15, 0.2) is 0 Å². The number of benzene rings is 3. The monoisotopic (exact) mass is 550 g/mol. The summed E-state index contributed by atoms with van der Waals surface area (Å²) in [4.78, 5) is 18.4. The van der Waals surface area contributed by atoms with Gasteiger partial charge in [-0.15, -0.1) is 0 Å². The minimum atomic E-state index is 0.400. The lowest BCUT2D eigenvalue weighted by Gasteiger charge is -2.19. The first-order valence-corrected chi connectivity index (χ1v) is 14.5. The van der Waals surface area contributed by atoms with Crippen molar-refractivity contribution in [2.75, 3.05) is 0 Å². The molecule has 42 heavy (non-hydrogen) atoms. The Bertz CT molecular complexity index is 1610. The van der Waals surface area contributed by atoms with Crippen molar-refractivity contribution in [1.82, 2.24) is 9.97 Å². The minimum absolute atomic E-state index is 0.400. The molecule has 5 aromatic rings. The Labute approximate surface area is 250 Å². The number of nitrogens with zero attached hydrogens (tertiary/aromatic N) is 4. The summed E-state index contributed by atoms with van der Waals surface area (Å²) in [7, 11) is 0. The number of aliphatic imine (C=N–C) groups is 2. The second kappa shape index (κ2) is 12.4. The second-order valence-electron chi connectivity index (χ2n) is 11.3. The van der Waals surface area contributed by atoms with E-state index in [2.05, 4.69) is 94.8 Å². The predicted molar refractivity (Wildman–Crippen MR) is 178 cm³/mol. The highest BCUT2D eigenvalue weighted by molar-refractivity contribution is 5.85. The topological polar surface area (TPSA) is 50.5 Å². The Hall–Kier alpha value is -4.70. The maximum absolute atomic E-state index is 4.80. The van der Waals surface area contributed by atoms with Crippen molar-refractivity contribution in [2.45, 2.75) is 54.4 Å². The van der Waals surface area contributed by atoms with E-state index in [0.29, 0.717) is 5.92 Å². The Morgan fingerprint density at radius 2 is 0.976 bits per heavy atom. The lowest BCUT2D eigenvalue weighted by Crippen LogP contribution is -1.97. The molecule has 0 amide bonds. The molecule has 3 aromatic carbocycles. The van der Waals surface area contributed by atoms with Crippen molar-refractivity contribution in [3.8, 4) is 22.3 Å². The molecule has 0 bridgehead atoms. The van der Waals surface area contributed by atoms with E-state index in [1.165, 1.54) is 33.4 Å². The van der Waals surface area contributed by atoms with Gasteiger partial charge in [-0.1, -0.05) is 38.1 Å². The smallest absolute Gasteiger partial charge is 0.0812 e. The molecule has 0 fully saturated rings. The van der Waals surface area contributed by atoms with Crippen LogP contribution in [0.3, 0.4) is 0 Å². The second-order valence-corrected chi connectivity index (χ2v) is 11.3. The number of rotatable bonds is 7. The zero-order valence-corrected chi connectivity index (χ0v) is 25.6. The van der Waals surface area contributed by atoms with E-state index in [-0.39, 0.29) is 0 Å². The van der Waals surface area contributed by atoms with Gasteiger partial charge in [0, 0.05) is 12.4 Å². The standard InChI is InChI=1S/C38H38N4/c1-24(2)30-20-35(31-16-25(3)37(26(4)17-31)41-22-33-12-8-10-14-39-33)29(7)36(21-30)32-18-27(5)38(28(6)19-32)42-23-34-13-9-11-15-40-34/h8-24H,1-7H3. The Morgan fingerprint density at radius 3 is 1.31 bits per heavy atom. The molecule has 0 aliphatic carbocycles. The van der Waals surface area contributed by atoms with E-state index >= 15 is 0 Å². The third-order valence-electron chi connectivity index (χ3n) is 7.73. The van der Waals surface area contributed by atoms with Gasteiger partial charge >= 0.3 is 0 Å². The van der Waals surface area contributed by atoms with Gasteiger partial charge in [-0.25, -0.2) is 0 Å². The highest BCUT2D eigenvalue weighted by atomic mass is 14.8. The molecule has 0 radical (unpaired) electrons. The zero-order valence-electron chi connectivity index (χ0n) is 25.6. The summed E-state index contributed by atoms with van der Waals surface area (Å²) >= 11 is 0. The molecule has 0 aliphatic heterocycles. The number of aromatic nitrogens is 2. The van der Waals surface area contributed by atoms with Crippen molar-refractivity contribution in [3.05, 3.63) is 130 Å². The fourth-order valence-corrected chi connectivity index (χ4v) is 5.47. The summed E-state index contributed by atoms with van der Waals surface area (Å²) in [5.41, 5.74) is 15.8. The minimum Gasteiger partial charge on any atom is -0.255 e. The van der Waals surface area contributed by atoms with Crippen LogP contribution in [0.25, 0.3) is 22.3 Å². The van der Waals surface area contributed by atoms with Crippen LogP contribution < -0.4 is 0 Å². The summed E-state index contributed by atoms with van der Waals surface area (Å²) < 4.78 is 0. The molecule has 2 aromatic heterocycles. The van der Waals surface area contributed by atoms with Gasteiger partial charge < -0.3 is 0 Å². The van der Waals surface area contributed by atoms with Crippen molar-refractivity contribution in [3.63, 3.8) is 0 Å². The van der Waals surface area contributed by atoms with Gasteiger partial charge in [0.25, 0.3) is 0 Å². The SMILES string of the molecule is Cc1cc(-c2cc(C(C)C)cc(-c3cc(C)c(N=Cc4ccccn4)c(C)c3)c2C)cc(C)c1N=Cc1ccccn1. The van der Waals surface area contributed by atoms with Gasteiger partial charge in [0.05, 0.1) is 35.2 Å². The molecule has 0 saturated carbocycles. The predicted octanol–water partition coefficient (Wildman–Crippen LogP) is 9.98. The number of hydrogen-bond donors (Lipinski definition) is 0. The number of pyridine rings is 2. The average molecular weight is 551 g/mol. The van der Waals surface area contributed by atoms with E-state index in [1.54, 1.807) is 12.4 Å². The first-order chi connectivity index (χ1) is 20.2. The molecule has 0 aliphatic rings. The van der Waals surface area contributed by atoms with Crippen molar-refractivity contribution in [1.29, 1.82) is 0 Å². The average Bonchev–Trinajstić information content (AvgIpc) is 2.97. The third kappa shape index (κ3) is 6.28. The van der Waals surface area contributed by atoms with Crippen LogP contribution in [-0.4, -0.2) is 22.4 Å². The van der Waals surface area contributed by atoms with Crippen molar-refractivity contribution >= 4 is 23.8 Å². The highest BCUT2D eigenvalue weighted by Gasteiger charge is 2.16. The van der Waals surface area contributed by atoms with Gasteiger partial charge in [0.1, 0.15) is 0 Å². The molecule has 4 nitrogen and oxygen atoms in total. The molecular formula is C38H38N4. The maximum atomic E-state index is 4.80. The maximum Gasteiger partial charge on any atom is 0.0812 e. The molecule has 2 heterocycles. The summed E-state index contributed by atoms with van der Waals surface area (Å²) in [6, 6.07) is 25.5. The van der Waals surface area contributed by atoms with Crippen LogP contribution in [-0.2, 0) is 0 Å². The lowest BCUT2D eigenvalue weighted by molar-refractivity contribution is 0.867. The highest BCUT2D eigenvalue weighted by Crippen LogP contribution is 2.39. The van der Waals surface area contributed by atoms with Crippen molar-refractivity contribution in [2.24, 2.45) is 9.98 Å². The van der Waals surface area contributed by atoms with Crippen LogP contribution >= 0.6 is 0 Å². The van der Waals surface area contributed by atoms with E-state index in [0.717, 1.165) is 45.0 Å². The summed E-state index contributed by atoms with van der Waals surface area (Å²) in [5, 5.41) is 0. The Balaban J connectivity index is 1.56. The molecule has 210 valence electrons. The molecule has 5 rings (SSSR count). The first kappa shape index (κ1) is 28.8. The molecule has 0 spiro atoms. The fraction of sp³-hybridized carbons (Fsp3) is 0.211. The van der Waals surface area contributed by atoms with Gasteiger partial charge in [-0.3, -0.25) is 20.0 Å². The molecule has 0 unspecified atom stereocenters. The van der Waals surface area contributed by atoms with E-state index in [4.69, 9.17) is 9.98 Å². The number of aryl methyl sites for hydroxylation is 4. The zero-order chi connectivity index (χ0) is 29.8. The fourth-order valence-electron chi connectivity index (χ4n) is 5.47. The Morgan fingerprint density at radius 1 is 0.571 bits per heavy atom. The van der Waals surface area contributed by atoms with Crippen LogP contribution in [0, 0.1) is 34.6 Å². The first-order valence-electron chi connectivity index (χ1n) is 14.5. The van der Waals surface area contributed by atoms with Crippen LogP contribution in [0.4, 0.5) is 11.4 Å². The van der Waals surface area contributed by atoms with Crippen LogP contribution in [0.15, 0.2) is 95.2 Å². The van der Waals surface area contributed by atoms with Crippen LogP contribution in [0.2, 0.25) is 0 Å². The van der Waals surface area contributed by atoms with E-state index in [9.17, 15) is 0 Å². The van der Waals surface area contributed by atoms with E-state index < -0.39 is 0 Å². The van der Waals surface area contributed by atoms with Gasteiger partial charge in [-0.05, 0) is 145 Å². The molecule has 0 N–H and O–H groups in total. The quantitative estimate of drug-likeness (QED) is 0.189. The van der Waals surface area contributed by atoms with E-state index in [1.807, 2.05) is 48.8 Å². The summed E-state index contributed by atoms with van der Waals surface area (Å²) in [6.45, 7) is 15.3. The largest absolute Gasteiger partial charge is 0.255 e. The summed E-state index contributed by atoms with van der Waals surface area (Å²) in [5.74, 6) is 0.400. The molecule has 4 heteroatoms. The normalized spacial score (nSPS) is 11.7. The van der Waals surface area contributed by atoms with Gasteiger partial charge in [-0.2, -0.15) is 0 Å². The van der Waals surface area contributed by atoms with Crippen molar-refractivity contribution < 1.29 is 0 Å². The number of hydrogen-bond acceptors (Lipinski definition) is 4. The van der Waals surface area contributed by atoms with Crippen LogP contribution in [0.5, 0.6) is 0 Å². The Kier molecular flexibility index (Phi) is 8.53. The lowest BCUT2D eigenvalue weighted by atomic mass is 9.86. The molecule has 0 saturated heterocycles. The third-order valence-corrected chi connectivity index (χ3v) is 7.73. The van der Waals surface area contributed by atoms with Gasteiger partial charge in [0.2, 0.25) is 0 Å². The summed E-state index contributed by atoms with van der Waals surface area (Å²) in [6.07, 6.45) is 7.26. The molecule has 0 atom stereocenters.